The lowest BCUT2D eigenvalue weighted by atomic mass is 10.1. The van der Waals surface area contributed by atoms with Crippen LogP contribution in [0.2, 0.25) is 0 Å². The van der Waals surface area contributed by atoms with E-state index in [0.717, 1.165) is 29.7 Å². The maximum atomic E-state index is 12.7. The molecule has 3 rings (SSSR count). The summed E-state index contributed by atoms with van der Waals surface area (Å²) in [6, 6.07) is 5.10. The number of methoxy groups -OCH3 is 2. The van der Waals surface area contributed by atoms with Crippen molar-refractivity contribution in [2.75, 3.05) is 32.8 Å². The van der Waals surface area contributed by atoms with Crippen molar-refractivity contribution in [2.24, 2.45) is 0 Å². The van der Waals surface area contributed by atoms with E-state index in [1.165, 1.54) is 18.4 Å². The molecule has 1 aliphatic rings. The average Bonchev–Trinajstić information content (AvgIpc) is 3.23. The topological polar surface area (TPSA) is 73.9 Å². The van der Waals surface area contributed by atoms with Gasteiger partial charge in [0.2, 0.25) is 0 Å². The summed E-state index contributed by atoms with van der Waals surface area (Å²) in [6.07, 6.45) is 2.79. The monoisotopic (exact) mass is 453 g/mol. The Balaban J connectivity index is 1.78. The first-order valence-electron chi connectivity index (χ1n) is 8.50. The predicted molar refractivity (Wildman–Crippen MR) is 107 cm³/mol. The Morgan fingerprint density at radius 3 is 2.74 bits per heavy atom. The number of thiophene rings is 1. The SMILES string of the molecule is COCCOc1ccc(C(=O)Nc2sc3c(c2C(=O)OC)CCC3)cc1Br. The normalized spacial score (nSPS) is 12.6. The van der Waals surface area contributed by atoms with Gasteiger partial charge in [0.25, 0.3) is 5.91 Å². The second kappa shape index (κ2) is 8.86. The fourth-order valence-corrected chi connectivity index (χ4v) is 4.75. The van der Waals surface area contributed by atoms with Crippen LogP contribution in [0.15, 0.2) is 22.7 Å². The molecule has 0 saturated heterocycles. The Bertz CT molecular complexity index is 864. The van der Waals surface area contributed by atoms with E-state index >= 15 is 0 Å². The number of rotatable bonds is 7. The molecule has 1 aromatic carbocycles. The number of benzene rings is 1. The number of nitrogens with one attached hydrogen (secondary N) is 1. The smallest absolute Gasteiger partial charge is 0.341 e. The summed E-state index contributed by atoms with van der Waals surface area (Å²) < 4.78 is 16.1. The number of halogens is 1. The summed E-state index contributed by atoms with van der Waals surface area (Å²) in [5, 5.41) is 3.42. The highest BCUT2D eigenvalue weighted by Gasteiger charge is 2.28. The minimum absolute atomic E-state index is 0.288. The molecule has 1 amide bonds. The number of ether oxygens (including phenoxy) is 3. The van der Waals surface area contributed by atoms with Crippen molar-refractivity contribution >= 4 is 44.1 Å². The summed E-state index contributed by atoms with van der Waals surface area (Å²) in [5.74, 6) is -0.0639. The van der Waals surface area contributed by atoms with Gasteiger partial charge in [-0.2, -0.15) is 0 Å². The van der Waals surface area contributed by atoms with Crippen LogP contribution in [0, 0.1) is 0 Å². The molecule has 8 heteroatoms. The molecule has 0 atom stereocenters. The number of carbonyl (C=O) groups is 2. The zero-order valence-electron chi connectivity index (χ0n) is 15.1. The highest BCUT2D eigenvalue weighted by atomic mass is 79.9. The Labute approximate surface area is 169 Å². The third kappa shape index (κ3) is 4.34. The molecule has 0 saturated carbocycles. The number of amides is 1. The Morgan fingerprint density at radius 2 is 2.04 bits per heavy atom. The molecule has 1 aromatic heterocycles. The fraction of sp³-hybridized carbons (Fsp3) is 0.368. The first kappa shape index (κ1) is 19.9. The number of aryl methyl sites for hydroxylation is 1. The van der Waals surface area contributed by atoms with Crippen molar-refractivity contribution in [2.45, 2.75) is 19.3 Å². The first-order valence-corrected chi connectivity index (χ1v) is 10.1. The molecule has 1 heterocycles. The van der Waals surface area contributed by atoms with Gasteiger partial charge in [-0.05, 0) is 59.0 Å². The Kier molecular flexibility index (Phi) is 6.51. The van der Waals surface area contributed by atoms with Crippen LogP contribution in [0.1, 0.15) is 37.6 Å². The van der Waals surface area contributed by atoms with Crippen LogP contribution in [0.5, 0.6) is 5.75 Å². The standard InChI is InChI=1S/C19H20BrNO5S/c1-24-8-9-26-14-7-6-11(10-13(14)20)17(22)21-18-16(19(23)25-2)12-4-3-5-15(12)27-18/h6-7,10H,3-5,8-9H2,1-2H3,(H,21,22). The van der Waals surface area contributed by atoms with Crippen molar-refractivity contribution in [3.05, 3.63) is 44.2 Å². The molecule has 0 fully saturated rings. The van der Waals surface area contributed by atoms with E-state index in [2.05, 4.69) is 21.2 Å². The highest BCUT2D eigenvalue weighted by Crippen LogP contribution is 2.39. The van der Waals surface area contributed by atoms with Gasteiger partial charge in [-0.15, -0.1) is 11.3 Å². The van der Waals surface area contributed by atoms with Crippen LogP contribution >= 0.6 is 27.3 Å². The third-order valence-corrected chi connectivity index (χ3v) is 6.10. The Morgan fingerprint density at radius 1 is 1.22 bits per heavy atom. The van der Waals surface area contributed by atoms with E-state index in [-0.39, 0.29) is 5.91 Å². The van der Waals surface area contributed by atoms with E-state index in [4.69, 9.17) is 14.2 Å². The molecule has 0 radical (unpaired) electrons. The molecule has 0 aliphatic heterocycles. The van der Waals surface area contributed by atoms with Crippen LogP contribution in [-0.4, -0.2) is 39.3 Å². The van der Waals surface area contributed by atoms with Crippen molar-refractivity contribution in [1.29, 1.82) is 0 Å². The van der Waals surface area contributed by atoms with Crippen LogP contribution in [-0.2, 0) is 22.3 Å². The van der Waals surface area contributed by atoms with E-state index in [1.807, 2.05) is 0 Å². The van der Waals surface area contributed by atoms with Crippen molar-refractivity contribution in [3.63, 3.8) is 0 Å². The quantitative estimate of drug-likeness (QED) is 0.505. The number of esters is 1. The lowest BCUT2D eigenvalue weighted by Crippen LogP contribution is -2.14. The first-order chi connectivity index (χ1) is 13.0. The number of fused-ring (bicyclic) bond motifs is 1. The number of anilines is 1. The van der Waals surface area contributed by atoms with Gasteiger partial charge in [-0.25, -0.2) is 4.79 Å². The molecule has 0 bridgehead atoms. The highest BCUT2D eigenvalue weighted by molar-refractivity contribution is 9.10. The molecule has 27 heavy (non-hydrogen) atoms. The summed E-state index contributed by atoms with van der Waals surface area (Å²) in [7, 11) is 2.96. The molecule has 6 nitrogen and oxygen atoms in total. The summed E-state index contributed by atoms with van der Waals surface area (Å²) >= 11 is 4.87. The minimum atomic E-state index is -0.409. The molecule has 2 aromatic rings. The Hall–Kier alpha value is -1.90. The maximum absolute atomic E-state index is 12.7. The van der Waals surface area contributed by atoms with Gasteiger partial charge < -0.3 is 19.5 Å². The van der Waals surface area contributed by atoms with Gasteiger partial charge in [-0.1, -0.05) is 0 Å². The number of carbonyl (C=O) groups excluding carboxylic acids is 2. The molecule has 1 N–H and O–H groups in total. The summed E-state index contributed by atoms with van der Waals surface area (Å²) in [5.41, 5.74) is 1.96. The molecule has 144 valence electrons. The van der Waals surface area contributed by atoms with Gasteiger partial charge in [0, 0.05) is 17.6 Å². The predicted octanol–water partition coefficient (Wildman–Crippen LogP) is 4.06. The number of hydrogen-bond donors (Lipinski definition) is 1. The fourth-order valence-electron chi connectivity index (χ4n) is 2.98. The van der Waals surface area contributed by atoms with Crippen LogP contribution in [0.4, 0.5) is 5.00 Å². The summed E-state index contributed by atoms with van der Waals surface area (Å²) in [4.78, 5) is 26.0. The average molecular weight is 454 g/mol. The zero-order valence-corrected chi connectivity index (χ0v) is 17.5. The van der Waals surface area contributed by atoms with Crippen molar-refractivity contribution in [3.8, 4) is 5.75 Å². The second-order valence-electron chi connectivity index (χ2n) is 5.99. The van der Waals surface area contributed by atoms with Gasteiger partial charge in [0.1, 0.15) is 17.4 Å². The van der Waals surface area contributed by atoms with Crippen molar-refractivity contribution < 1.29 is 23.8 Å². The van der Waals surface area contributed by atoms with Crippen molar-refractivity contribution in [1.82, 2.24) is 0 Å². The van der Waals surface area contributed by atoms with Crippen LogP contribution < -0.4 is 10.1 Å². The summed E-state index contributed by atoms with van der Waals surface area (Å²) in [6.45, 7) is 0.901. The molecule has 0 unspecified atom stereocenters. The molecule has 0 spiro atoms. The van der Waals surface area contributed by atoms with Gasteiger partial charge >= 0.3 is 5.97 Å². The zero-order chi connectivity index (χ0) is 19.4. The lowest BCUT2D eigenvalue weighted by Gasteiger charge is -2.10. The van der Waals surface area contributed by atoms with Gasteiger partial charge in [0.05, 0.1) is 23.8 Å². The van der Waals surface area contributed by atoms with E-state index in [1.54, 1.807) is 25.3 Å². The van der Waals surface area contributed by atoms with E-state index in [9.17, 15) is 9.59 Å². The number of hydrogen-bond acceptors (Lipinski definition) is 6. The van der Waals surface area contributed by atoms with Crippen LogP contribution in [0.3, 0.4) is 0 Å². The maximum Gasteiger partial charge on any atom is 0.341 e. The van der Waals surface area contributed by atoms with E-state index < -0.39 is 5.97 Å². The molecular formula is C19H20BrNO5S. The van der Waals surface area contributed by atoms with Gasteiger partial charge in [0.15, 0.2) is 0 Å². The molecular weight excluding hydrogens is 434 g/mol. The third-order valence-electron chi connectivity index (χ3n) is 4.28. The van der Waals surface area contributed by atoms with Gasteiger partial charge in [-0.3, -0.25) is 4.79 Å². The minimum Gasteiger partial charge on any atom is -0.490 e. The second-order valence-corrected chi connectivity index (χ2v) is 7.95. The largest absolute Gasteiger partial charge is 0.490 e. The van der Waals surface area contributed by atoms with E-state index in [0.29, 0.717) is 39.6 Å². The lowest BCUT2D eigenvalue weighted by molar-refractivity contribution is 0.0601. The molecule has 1 aliphatic carbocycles. The van der Waals surface area contributed by atoms with Crippen LogP contribution in [0.25, 0.3) is 0 Å².